The van der Waals surface area contributed by atoms with Crippen molar-refractivity contribution in [3.05, 3.63) is 89.5 Å². The van der Waals surface area contributed by atoms with Crippen molar-refractivity contribution in [3.63, 3.8) is 0 Å². The van der Waals surface area contributed by atoms with E-state index in [1.807, 2.05) is 49.2 Å². The topological polar surface area (TPSA) is 42.0 Å². The molecular weight excluding hydrogens is 565 g/mol. The van der Waals surface area contributed by atoms with Crippen LogP contribution in [0.5, 0.6) is 5.75 Å². The lowest BCUT2D eigenvalue weighted by atomic mass is 10.1. The molecule has 2 aromatic carbocycles. The molecule has 2 aromatic rings. The van der Waals surface area contributed by atoms with E-state index >= 15 is 0 Å². The average Bonchev–Trinajstić information content (AvgIpc) is 3.19. The molecule has 0 spiro atoms. The summed E-state index contributed by atoms with van der Waals surface area (Å²) in [4.78, 5) is 17.5. The first-order chi connectivity index (χ1) is 20.9. The smallest absolute Gasteiger partial charge is 0.406 e. The molecule has 1 heterocycles. The van der Waals surface area contributed by atoms with Crippen molar-refractivity contribution in [3.8, 4) is 5.75 Å². The molecule has 1 aliphatic rings. The van der Waals surface area contributed by atoms with Gasteiger partial charge in [-0.2, -0.15) is 0 Å². The maximum absolute atomic E-state index is 13.6. The number of carbonyl (C=O) groups is 1. The molecule has 1 fully saturated rings. The van der Waals surface area contributed by atoms with Crippen LogP contribution in [0.4, 0.5) is 13.2 Å². The SMILES string of the molecule is C=C(/C=C\CCC)COCC[C@H]1C(=O)N(CCc2ccc(OC(F)(F)F)cc2)[C@H](c2ccc(C)cc2)N1C.CCC.CCC. The molecule has 0 aromatic heterocycles. The van der Waals surface area contributed by atoms with Gasteiger partial charge in [-0.15, -0.1) is 13.2 Å². The number of alkyl halides is 3. The lowest BCUT2D eigenvalue weighted by Gasteiger charge is -2.29. The predicted octanol–water partition coefficient (Wildman–Crippen LogP) is 9.43. The molecule has 1 saturated heterocycles. The standard InChI is InChI=1S/C30H37F3N2O3.2C3H8/c1-5-6-7-8-23(3)21-37-20-18-27-29(36)35(28(34(27)4)25-13-9-22(2)10-14-25)19-17-24-11-15-26(16-12-24)38-30(31,32)33;2*1-3-2/h7-16,27-28H,3,5-6,17-21H2,1-2,4H3;2*3H2,1-2H3/b8-7-;;/t27-,28+;;/m0../s1. The van der Waals surface area contributed by atoms with Gasteiger partial charge in [-0.25, -0.2) is 0 Å². The van der Waals surface area contributed by atoms with E-state index in [9.17, 15) is 18.0 Å². The fourth-order valence-corrected chi connectivity index (χ4v) is 4.56. The van der Waals surface area contributed by atoms with Crippen molar-refractivity contribution in [2.75, 3.05) is 26.8 Å². The van der Waals surface area contributed by atoms with E-state index in [-0.39, 0.29) is 23.9 Å². The molecule has 1 amide bonds. The molecule has 44 heavy (non-hydrogen) atoms. The Hall–Kier alpha value is -3.10. The minimum absolute atomic E-state index is 0.0142. The second-order valence-electron chi connectivity index (χ2n) is 11.0. The number of allylic oxidation sites excluding steroid dienone is 1. The van der Waals surface area contributed by atoms with Gasteiger partial charge in [0.25, 0.3) is 0 Å². The van der Waals surface area contributed by atoms with Crippen LogP contribution in [0.25, 0.3) is 0 Å². The number of benzene rings is 2. The first-order valence-corrected chi connectivity index (χ1v) is 15.8. The first-order valence-electron chi connectivity index (χ1n) is 15.8. The number of hydrogen-bond acceptors (Lipinski definition) is 4. The monoisotopic (exact) mass is 618 g/mol. The number of rotatable bonds is 13. The van der Waals surface area contributed by atoms with Crippen LogP contribution in [0.1, 0.15) is 89.6 Å². The molecule has 0 aliphatic carbocycles. The average molecular weight is 619 g/mol. The Balaban J connectivity index is 0.00000149. The number of aryl methyl sites for hydroxylation is 1. The van der Waals surface area contributed by atoms with Crippen molar-refractivity contribution >= 4 is 5.91 Å². The molecule has 2 atom stereocenters. The van der Waals surface area contributed by atoms with Gasteiger partial charge < -0.3 is 14.4 Å². The minimum Gasteiger partial charge on any atom is -0.406 e. The lowest BCUT2D eigenvalue weighted by Crippen LogP contribution is -2.33. The summed E-state index contributed by atoms with van der Waals surface area (Å²) >= 11 is 0. The van der Waals surface area contributed by atoms with Crippen LogP contribution < -0.4 is 4.74 Å². The molecule has 246 valence electrons. The van der Waals surface area contributed by atoms with Crippen molar-refractivity contribution in [2.45, 2.75) is 98.6 Å². The molecule has 0 saturated carbocycles. The van der Waals surface area contributed by atoms with Gasteiger partial charge in [0, 0.05) is 13.2 Å². The largest absolute Gasteiger partial charge is 0.573 e. The summed E-state index contributed by atoms with van der Waals surface area (Å²) in [6, 6.07) is 13.6. The quantitative estimate of drug-likeness (QED) is 0.166. The summed E-state index contributed by atoms with van der Waals surface area (Å²) in [5.41, 5.74) is 3.86. The van der Waals surface area contributed by atoms with Gasteiger partial charge in [-0.05, 0) is 62.1 Å². The third-order valence-electron chi connectivity index (χ3n) is 6.55. The fourth-order valence-electron chi connectivity index (χ4n) is 4.56. The van der Waals surface area contributed by atoms with Crippen LogP contribution in [0.2, 0.25) is 0 Å². The maximum Gasteiger partial charge on any atom is 0.573 e. The summed E-state index contributed by atoms with van der Waals surface area (Å²) in [7, 11) is 1.95. The number of unbranched alkanes of at least 4 members (excludes halogenated alkanes) is 1. The molecule has 8 heteroatoms. The van der Waals surface area contributed by atoms with Gasteiger partial charge in [0.15, 0.2) is 0 Å². The van der Waals surface area contributed by atoms with Gasteiger partial charge in [0.1, 0.15) is 11.9 Å². The van der Waals surface area contributed by atoms with Gasteiger partial charge >= 0.3 is 6.36 Å². The first kappa shape index (κ1) is 38.9. The molecule has 0 bridgehead atoms. The van der Waals surface area contributed by atoms with Gasteiger partial charge in [-0.1, -0.05) is 115 Å². The van der Waals surface area contributed by atoms with E-state index in [2.05, 4.69) is 56.9 Å². The Bertz CT molecular complexity index is 1110. The summed E-state index contributed by atoms with van der Waals surface area (Å²) < 4.78 is 47.2. The number of likely N-dealkylation sites (N-methyl/N-ethyl adjacent to an activating group) is 1. The van der Waals surface area contributed by atoms with Crippen LogP contribution >= 0.6 is 0 Å². The highest BCUT2D eigenvalue weighted by Gasteiger charge is 2.44. The Kier molecular flexibility index (Phi) is 18.4. The number of nitrogens with zero attached hydrogens (tertiary/aromatic N) is 2. The van der Waals surface area contributed by atoms with Crippen molar-refractivity contribution in [1.82, 2.24) is 9.80 Å². The van der Waals surface area contributed by atoms with Crippen LogP contribution in [0.15, 0.2) is 72.8 Å². The van der Waals surface area contributed by atoms with E-state index in [0.717, 1.165) is 35.1 Å². The van der Waals surface area contributed by atoms with Crippen molar-refractivity contribution < 1.29 is 27.4 Å². The number of carbonyl (C=O) groups excluding carboxylic acids is 1. The minimum atomic E-state index is -4.73. The predicted molar refractivity (Wildman–Crippen MR) is 175 cm³/mol. The Morgan fingerprint density at radius 1 is 0.977 bits per heavy atom. The summed E-state index contributed by atoms with van der Waals surface area (Å²) in [5, 5.41) is 0. The molecule has 3 rings (SSSR count). The zero-order chi connectivity index (χ0) is 33.1. The fraction of sp³-hybridized carbons (Fsp3) is 0.528. The Morgan fingerprint density at radius 2 is 1.57 bits per heavy atom. The Morgan fingerprint density at radius 3 is 2.11 bits per heavy atom. The summed E-state index contributed by atoms with van der Waals surface area (Å²) in [5.74, 6) is -0.250. The zero-order valence-electron chi connectivity index (χ0n) is 27.8. The zero-order valence-corrected chi connectivity index (χ0v) is 27.8. The number of hydrogen-bond donors (Lipinski definition) is 0. The highest BCUT2D eigenvalue weighted by Crippen LogP contribution is 2.35. The molecule has 0 radical (unpaired) electrons. The maximum atomic E-state index is 13.6. The lowest BCUT2D eigenvalue weighted by molar-refractivity contribution is -0.274. The summed E-state index contributed by atoms with van der Waals surface area (Å²) in [6.07, 6.45) is 4.72. The summed E-state index contributed by atoms with van der Waals surface area (Å²) in [6.45, 7) is 17.9. The van der Waals surface area contributed by atoms with Crippen molar-refractivity contribution in [2.24, 2.45) is 0 Å². The van der Waals surface area contributed by atoms with E-state index in [0.29, 0.717) is 32.6 Å². The molecule has 0 unspecified atom stereocenters. The second kappa shape index (κ2) is 20.8. The van der Waals surface area contributed by atoms with E-state index < -0.39 is 6.36 Å². The third kappa shape index (κ3) is 14.1. The normalized spacial score (nSPS) is 16.8. The van der Waals surface area contributed by atoms with Crippen LogP contribution in [0.3, 0.4) is 0 Å². The van der Waals surface area contributed by atoms with Crippen LogP contribution in [0, 0.1) is 6.92 Å². The number of amides is 1. The van der Waals surface area contributed by atoms with Crippen LogP contribution in [-0.2, 0) is 16.0 Å². The third-order valence-corrected chi connectivity index (χ3v) is 6.55. The van der Waals surface area contributed by atoms with E-state index in [1.54, 1.807) is 12.1 Å². The van der Waals surface area contributed by atoms with Gasteiger partial charge in [0.2, 0.25) is 5.91 Å². The number of halogens is 3. The molecular formula is C36H53F3N2O3. The molecule has 1 aliphatic heterocycles. The van der Waals surface area contributed by atoms with Crippen LogP contribution in [-0.4, -0.2) is 54.9 Å². The molecule has 0 N–H and O–H groups in total. The second-order valence-corrected chi connectivity index (χ2v) is 11.0. The van der Waals surface area contributed by atoms with Gasteiger partial charge in [0.05, 0.1) is 12.6 Å². The molecule has 5 nitrogen and oxygen atoms in total. The highest BCUT2D eigenvalue weighted by atomic mass is 19.4. The highest BCUT2D eigenvalue weighted by molar-refractivity contribution is 5.84. The Labute approximate surface area is 263 Å². The van der Waals surface area contributed by atoms with Gasteiger partial charge in [-0.3, -0.25) is 9.69 Å². The van der Waals surface area contributed by atoms with E-state index in [4.69, 9.17) is 4.74 Å². The van der Waals surface area contributed by atoms with E-state index in [1.165, 1.54) is 25.0 Å². The number of ether oxygens (including phenoxy) is 2. The van der Waals surface area contributed by atoms with Crippen molar-refractivity contribution in [1.29, 1.82) is 0 Å².